The topological polar surface area (TPSA) is 55.2 Å². The molecule has 0 amide bonds. The van der Waals surface area contributed by atoms with Crippen molar-refractivity contribution in [3.05, 3.63) is 33.3 Å². The molecule has 0 fully saturated rings. The molecule has 1 rings (SSSR count). The number of non-ortho nitro benzene ring substituents is 1. The lowest BCUT2D eigenvalue weighted by atomic mass is 10.1. The summed E-state index contributed by atoms with van der Waals surface area (Å²) >= 11 is 5.94. The van der Waals surface area contributed by atoms with Crippen molar-refractivity contribution in [2.24, 2.45) is 5.92 Å². The average Bonchev–Trinajstić information content (AvgIpc) is 2.27. The number of anilines is 1. The number of nitrogens with one attached hydrogen (secondary N) is 1. The Morgan fingerprint density at radius 3 is 2.81 bits per heavy atom. The number of nitrogens with zero attached hydrogens (tertiary/aromatic N) is 1. The van der Waals surface area contributed by atoms with Crippen LogP contribution in [0.2, 0.25) is 5.02 Å². The Morgan fingerprint density at radius 1 is 1.56 bits per heavy atom. The summed E-state index contributed by atoms with van der Waals surface area (Å²) in [5.74, 6) is 0.510. The normalized spacial score (nSPS) is 12.2. The van der Waals surface area contributed by atoms with Gasteiger partial charge in [0.1, 0.15) is 0 Å². The van der Waals surface area contributed by atoms with Gasteiger partial charge in [0.15, 0.2) is 0 Å². The molecule has 0 saturated carbocycles. The second-order valence-corrected chi connectivity index (χ2v) is 4.22. The molecule has 5 heteroatoms. The third-order valence-electron chi connectivity index (χ3n) is 2.50. The van der Waals surface area contributed by atoms with E-state index in [1.807, 2.05) is 0 Å². The van der Waals surface area contributed by atoms with Gasteiger partial charge in [0.2, 0.25) is 0 Å². The molecule has 1 aromatic rings. The Labute approximate surface area is 99.8 Å². The first-order valence-corrected chi connectivity index (χ1v) is 5.60. The first-order chi connectivity index (χ1) is 7.54. The molecule has 0 spiro atoms. The summed E-state index contributed by atoms with van der Waals surface area (Å²) in [5.41, 5.74) is 0.673. The minimum Gasteiger partial charge on any atom is -0.383 e. The van der Waals surface area contributed by atoms with E-state index in [2.05, 4.69) is 19.2 Å². The maximum Gasteiger partial charge on any atom is 0.271 e. The van der Waals surface area contributed by atoms with E-state index in [-0.39, 0.29) is 5.69 Å². The molecule has 16 heavy (non-hydrogen) atoms. The van der Waals surface area contributed by atoms with E-state index in [9.17, 15) is 10.1 Å². The second kappa shape index (κ2) is 5.70. The molecule has 0 aliphatic heterocycles. The summed E-state index contributed by atoms with van der Waals surface area (Å²) in [7, 11) is 0. The van der Waals surface area contributed by atoms with E-state index >= 15 is 0 Å². The van der Waals surface area contributed by atoms with E-state index in [1.54, 1.807) is 6.07 Å². The van der Waals surface area contributed by atoms with Crippen LogP contribution >= 0.6 is 11.6 Å². The van der Waals surface area contributed by atoms with Crippen LogP contribution in [0, 0.1) is 16.0 Å². The van der Waals surface area contributed by atoms with Crippen LogP contribution in [-0.4, -0.2) is 11.5 Å². The van der Waals surface area contributed by atoms with Crippen molar-refractivity contribution in [1.82, 2.24) is 0 Å². The number of halogens is 1. The predicted molar refractivity (Wildman–Crippen MR) is 66.1 cm³/mol. The van der Waals surface area contributed by atoms with Gasteiger partial charge in [-0.1, -0.05) is 31.9 Å². The van der Waals surface area contributed by atoms with E-state index < -0.39 is 4.92 Å². The maximum atomic E-state index is 10.6. The van der Waals surface area contributed by atoms with Crippen molar-refractivity contribution in [2.45, 2.75) is 20.3 Å². The Hall–Kier alpha value is -1.29. The van der Waals surface area contributed by atoms with Crippen molar-refractivity contribution in [2.75, 3.05) is 11.9 Å². The third kappa shape index (κ3) is 3.38. The van der Waals surface area contributed by atoms with Gasteiger partial charge in [-0.15, -0.1) is 0 Å². The highest BCUT2D eigenvalue weighted by atomic mass is 35.5. The Bertz CT molecular complexity index is 382. The van der Waals surface area contributed by atoms with Gasteiger partial charge >= 0.3 is 0 Å². The van der Waals surface area contributed by atoms with Crippen molar-refractivity contribution in [1.29, 1.82) is 0 Å². The standard InChI is InChI=1S/C11H15ClN2O2/c1-3-8(2)7-13-11-6-9(14(15)16)4-5-10(11)12/h4-6,8,13H,3,7H2,1-2H3. The highest BCUT2D eigenvalue weighted by molar-refractivity contribution is 6.33. The van der Waals surface area contributed by atoms with Gasteiger partial charge < -0.3 is 5.32 Å². The first-order valence-electron chi connectivity index (χ1n) is 5.22. The first kappa shape index (κ1) is 12.8. The van der Waals surface area contributed by atoms with Crippen LogP contribution in [0.5, 0.6) is 0 Å². The predicted octanol–water partition coefficient (Wildman–Crippen LogP) is 3.71. The van der Waals surface area contributed by atoms with Crippen LogP contribution in [0.15, 0.2) is 18.2 Å². The van der Waals surface area contributed by atoms with Crippen LogP contribution in [0.1, 0.15) is 20.3 Å². The van der Waals surface area contributed by atoms with E-state index in [4.69, 9.17) is 11.6 Å². The number of nitro groups is 1. The van der Waals surface area contributed by atoms with Gasteiger partial charge in [-0.05, 0) is 12.0 Å². The molecule has 0 aliphatic carbocycles. The van der Waals surface area contributed by atoms with Gasteiger partial charge in [-0.25, -0.2) is 0 Å². The second-order valence-electron chi connectivity index (χ2n) is 3.82. The van der Waals surface area contributed by atoms with Gasteiger partial charge in [-0.2, -0.15) is 0 Å². The minimum absolute atomic E-state index is 0.0519. The SMILES string of the molecule is CCC(C)CNc1cc([N+](=O)[O-])ccc1Cl. The smallest absolute Gasteiger partial charge is 0.271 e. The van der Waals surface area contributed by atoms with E-state index in [0.717, 1.165) is 13.0 Å². The summed E-state index contributed by atoms with van der Waals surface area (Å²) in [6, 6.07) is 4.40. The molecule has 1 atom stereocenters. The van der Waals surface area contributed by atoms with Gasteiger partial charge in [0, 0.05) is 18.7 Å². The van der Waals surface area contributed by atoms with Crippen LogP contribution in [0.4, 0.5) is 11.4 Å². The molecule has 4 nitrogen and oxygen atoms in total. The number of benzene rings is 1. The monoisotopic (exact) mass is 242 g/mol. The third-order valence-corrected chi connectivity index (χ3v) is 2.83. The van der Waals surface area contributed by atoms with Crippen LogP contribution in [0.3, 0.4) is 0 Å². The number of rotatable bonds is 5. The quantitative estimate of drug-likeness (QED) is 0.633. The maximum absolute atomic E-state index is 10.6. The van der Waals surface area contributed by atoms with Crippen LogP contribution < -0.4 is 5.32 Å². The fourth-order valence-electron chi connectivity index (χ4n) is 1.19. The molecule has 0 heterocycles. The van der Waals surface area contributed by atoms with Crippen molar-refractivity contribution in [3.63, 3.8) is 0 Å². The number of nitro benzene ring substituents is 1. The van der Waals surface area contributed by atoms with Crippen molar-refractivity contribution >= 4 is 23.0 Å². The Morgan fingerprint density at radius 2 is 2.25 bits per heavy atom. The average molecular weight is 243 g/mol. The van der Waals surface area contributed by atoms with E-state index in [1.165, 1.54) is 12.1 Å². The molecule has 0 aliphatic rings. The molecule has 1 unspecified atom stereocenters. The molecular formula is C11H15ClN2O2. The lowest BCUT2D eigenvalue weighted by molar-refractivity contribution is -0.384. The Kier molecular flexibility index (Phi) is 4.55. The lowest BCUT2D eigenvalue weighted by Gasteiger charge is -2.12. The zero-order valence-corrected chi connectivity index (χ0v) is 10.1. The van der Waals surface area contributed by atoms with Gasteiger partial charge in [0.05, 0.1) is 15.6 Å². The van der Waals surface area contributed by atoms with Crippen LogP contribution in [-0.2, 0) is 0 Å². The molecule has 0 radical (unpaired) electrons. The molecule has 88 valence electrons. The molecule has 0 bridgehead atoms. The molecule has 1 N–H and O–H groups in total. The summed E-state index contributed by atoms with van der Waals surface area (Å²) in [6.07, 6.45) is 1.06. The molecule has 0 aromatic heterocycles. The van der Waals surface area contributed by atoms with E-state index in [0.29, 0.717) is 16.6 Å². The number of hydrogen-bond acceptors (Lipinski definition) is 3. The zero-order valence-electron chi connectivity index (χ0n) is 9.37. The largest absolute Gasteiger partial charge is 0.383 e. The zero-order chi connectivity index (χ0) is 12.1. The lowest BCUT2D eigenvalue weighted by Crippen LogP contribution is -2.10. The van der Waals surface area contributed by atoms with Crippen molar-refractivity contribution < 1.29 is 4.92 Å². The summed E-state index contributed by atoms with van der Waals surface area (Å²) in [5, 5.41) is 14.2. The summed E-state index contributed by atoms with van der Waals surface area (Å²) in [6.45, 7) is 4.97. The highest BCUT2D eigenvalue weighted by Gasteiger charge is 2.09. The van der Waals surface area contributed by atoms with Crippen molar-refractivity contribution in [3.8, 4) is 0 Å². The van der Waals surface area contributed by atoms with Gasteiger partial charge in [-0.3, -0.25) is 10.1 Å². The molecular weight excluding hydrogens is 228 g/mol. The summed E-state index contributed by atoms with van der Waals surface area (Å²) < 4.78 is 0. The Balaban J connectivity index is 2.78. The minimum atomic E-state index is -0.426. The fraction of sp³-hybridized carbons (Fsp3) is 0.455. The summed E-state index contributed by atoms with van der Waals surface area (Å²) in [4.78, 5) is 10.2. The molecule has 0 saturated heterocycles. The molecule has 1 aromatic carbocycles. The number of hydrogen-bond donors (Lipinski definition) is 1. The fourth-order valence-corrected chi connectivity index (χ4v) is 1.38. The van der Waals surface area contributed by atoms with Crippen LogP contribution in [0.25, 0.3) is 0 Å². The highest BCUT2D eigenvalue weighted by Crippen LogP contribution is 2.26. The van der Waals surface area contributed by atoms with Gasteiger partial charge in [0.25, 0.3) is 5.69 Å².